The van der Waals surface area contributed by atoms with Gasteiger partial charge in [-0.05, 0) is 30.2 Å². The molecule has 0 aliphatic heterocycles. The molecule has 0 radical (unpaired) electrons. The second kappa shape index (κ2) is 6.35. The lowest BCUT2D eigenvalue weighted by molar-refractivity contribution is 0.0927. The molecular weight excluding hydrogens is 240 g/mol. The van der Waals surface area contributed by atoms with Crippen LogP contribution in [-0.2, 0) is 0 Å². The van der Waals surface area contributed by atoms with E-state index in [9.17, 15) is 4.79 Å². The molecule has 0 aliphatic carbocycles. The summed E-state index contributed by atoms with van der Waals surface area (Å²) in [6.07, 6.45) is 5.01. The molecular formula is C15H14N2O2. The van der Waals surface area contributed by atoms with Crippen molar-refractivity contribution in [3.05, 3.63) is 65.6 Å². The molecule has 0 atom stereocenters. The minimum absolute atomic E-state index is 0.238. The first-order valence-electron chi connectivity index (χ1n) is 5.86. The molecule has 0 aliphatic rings. The summed E-state index contributed by atoms with van der Waals surface area (Å²) in [4.78, 5) is 11.5. The van der Waals surface area contributed by atoms with Crippen LogP contribution in [0.25, 0.3) is 6.08 Å². The number of hydrogen-bond acceptors (Lipinski definition) is 3. The van der Waals surface area contributed by atoms with Crippen LogP contribution in [0.2, 0.25) is 0 Å². The van der Waals surface area contributed by atoms with Crippen molar-refractivity contribution in [3.63, 3.8) is 0 Å². The van der Waals surface area contributed by atoms with E-state index in [-0.39, 0.29) is 11.7 Å². The van der Waals surface area contributed by atoms with Gasteiger partial charge in [-0.2, -0.15) is 5.10 Å². The van der Waals surface area contributed by atoms with Crippen molar-refractivity contribution in [1.82, 2.24) is 5.43 Å². The lowest BCUT2D eigenvalue weighted by atomic mass is 10.1. The molecule has 1 N–H and O–H groups in total. The number of hydrogen-bond donors (Lipinski definition) is 1. The van der Waals surface area contributed by atoms with Crippen molar-refractivity contribution in [2.24, 2.45) is 5.10 Å². The molecule has 0 spiro atoms. The van der Waals surface area contributed by atoms with Gasteiger partial charge in [0.25, 0.3) is 0 Å². The van der Waals surface area contributed by atoms with Gasteiger partial charge in [-0.1, -0.05) is 36.4 Å². The Labute approximate surface area is 111 Å². The van der Waals surface area contributed by atoms with Crippen molar-refractivity contribution in [2.75, 3.05) is 0 Å². The Bertz CT molecular complexity index is 584. The van der Waals surface area contributed by atoms with E-state index in [4.69, 9.17) is 4.42 Å². The highest BCUT2D eigenvalue weighted by Crippen LogP contribution is 2.04. The van der Waals surface area contributed by atoms with Gasteiger partial charge in [0.05, 0.1) is 12.5 Å². The Morgan fingerprint density at radius 3 is 2.68 bits per heavy atom. The van der Waals surface area contributed by atoms with E-state index in [1.807, 2.05) is 43.3 Å². The Kier molecular flexibility index (Phi) is 4.29. The monoisotopic (exact) mass is 254 g/mol. The summed E-state index contributed by atoms with van der Waals surface area (Å²) >= 11 is 0. The average Bonchev–Trinajstić information content (AvgIpc) is 2.93. The van der Waals surface area contributed by atoms with Crippen LogP contribution in [0.15, 0.2) is 63.8 Å². The SMILES string of the molecule is CC(C=NNC(=O)c1ccco1)=Cc1ccccc1. The molecule has 1 aromatic carbocycles. The highest BCUT2D eigenvalue weighted by molar-refractivity contribution is 5.92. The molecule has 0 saturated carbocycles. The number of hydrazone groups is 1. The van der Waals surface area contributed by atoms with Gasteiger partial charge in [0.2, 0.25) is 0 Å². The number of carbonyl (C=O) groups is 1. The standard InChI is InChI=1S/C15H14N2O2/c1-12(10-13-6-3-2-4-7-13)11-16-17-15(18)14-8-5-9-19-14/h2-11H,1H3,(H,17,18). The van der Waals surface area contributed by atoms with Crippen LogP contribution in [0, 0.1) is 0 Å². The number of nitrogens with one attached hydrogen (secondary N) is 1. The highest BCUT2D eigenvalue weighted by atomic mass is 16.3. The number of nitrogens with zero attached hydrogens (tertiary/aromatic N) is 1. The van der Waals surface area contributed by atoms with Crippen molar-refractivity contribution in [1.29, 1.82) is 0 Å². The molecule has 1 amide bonds. The first-order valence-corrected chi connectivity index (χ1v) is 5.86. The first kappa shape index (κ1) is 12.8. The number of rotatable bonds is 4. The van der Waals surface area contributed by atoms with Crippen molar-refractivity contribution < 1.29 is 9.21 Å². The molecule has 19 heavy (non-hydrogen) atoms. The van der Waals surface area contributed by atoms with Crippen molar-refractivity contribution in [2.45, 2.75) is 6.92 Å². The molecule has 0 fully saturated rings. The van der Waals surface area contributed by atoms with Gasteiger partial charge in [0, 0.05) is 0 Å². The van der Waals surface area contributed by atoms with Gasteiger partial charge in [0.15, 0.2) is 5.76 Å². The Morgan fingerprint density at radius 1 is 1.21 bits per heavy atom. The number of furan rings is 1. The topological polar surface area (TPSA) is 54.6 Å². The normalized spacial score (nSPS) is 11.7. The molecule has 1 aromatic heterocycles. The molecule has 96 valence electrons. The fourth-order valence-electron chi connectivity index (χ4n) is 1.50. The van der Waals surface area contributed by atoms with E-state index >= 15 is 0 Å². The van der Waals surface area contributed by atoms with Crippen molar-refractivity contribution >= 4 is 18.2 Å². The van der Waals surface area contributed by atoms with Crippen molar-refractivity contribution in [3.8, 4) is 0 Å². The molecule has 2 aromatic rings. The molecule has 2 rings (SSSR count). The fraction of sp³-hybridized carbons (Fsp3) is 0.0667. The quantitative estimate of drug-likeness (QED) is 0.673. The molecule has 4 nitrogen and oxygen atoms in total. The maximum absolute atomic E-state index is 11.5. The van der Waals surface area contributed by atoms with Crippen LogP contribution in [0.5, 0.6) is 0 Å². The number of amides is 1. The first-order chi connectivity index (χ1) is 9.25. The lowest BCUT2D eigenvalue weighted by Gasteiger charge is -1.96. The van der Waals surface area contributed by atoms with E-state index in [0.29, 0.717) is 0 Å². The summed E-state index contributed by atoms with van der Waals surface area (Å²) in [6, 6.07) is 13.1. The van der Waals surface area contributed by atoms with E-state index in [1.165, 1.54) is 6.26 Å². The average molecular weight is 254 g/mol. The third kappa shape index (κ3) is 3.96. The maximum Gasteiger partial charge on any atom is 0.307 e. The van der Waals surface area contributed by atoms with E-state index in [1.54, 1.807) is 18.3 Å². The third-order valence-corrected chi connectivity index (χ3v) is 2.37. The second-order valence-electron chi connectivity index (χ2n) is 3.98. The summed E-state index contributed by atoms with van der Waals surface area (Å²) in [5.74, 6) is -0.129. The summed E-state index contributed by atoms with van der Waals surface area (Å²) in [7, 11) is 0. The molecule has 4 heteroatoms. The Balaban J connectivity index is 1.92. The number of carbonyl (C=O) groups excluding carboxylic acids is 1. The number of benzene rings is 1. The Hall–Kier alpha value is -2.62. The van der Waals surface area contributed by atoms with E-state index in [0.717, 1.165) is 11.1 Å². The minimum atomic E-state index is -0.367. The summed E-state index contributed by atoms with van der Waals surface area (Å²) in [5.41, 5.74) is 4.42. The van der Waals surface area contributed by atoms with Gasteiger partial charge in [-0.15, -0.1) is 0 Å². The molecule has 0 bridgehead atoms. The van der Waals surface area contributed by atoms with Gasteiger partial charge in [-0.25, -0.2) is 5.43 Å². The minimum Gasteiger partial charge on any atom is -0.459 e. The fourth-order valence-corrected chi connectivity index (χ4v) is 1.50. The lowest BCUT2D eigenvalue weighted by Crippen LogP contribution is -2.16. The third-order valence-electron chi connectivity index (χ3n) is 2.37. The largest absolute Gasteiger partial charge is 0.459 e. The van der Waals surface area contributed by atoms with E-state index in [2.05, 4.69) is 10.5 Å². The van der Waals surface area contributed by atoms with Crippen LogP contribution in [0.1, 0.15) is 23.0 Å². The van der Waals surface area contributed by atoms with Crippen LogP contribution >= 0.6 is 0 Å². The summed E-state index contributed by atoms with van der Waals surface area (Å²) in [6.45, 7) is 1.91. The maximum atomic E-state index is 11.5. The van der Waals surface area contributed by atoms with E-state index < -0.39 is 0 Å². The van der Waals surface area contributed by atoms with Gasteiger partial charge >= 0.3 is 5.91 Å². The zero-order chi connectivity index (χ0) is 13.5. The van der Waals surface area contributed by atoms with Crippen LogP contribution in [-0.4, -0.2) is 12.1 Å². The Morgan fingerprint density at radius 2 is 2.00 bits per heavy atom. The van der Waals surface area contributed by atoms with Crippen LogP contribution in [0.3, 0.4) is 0 Å². The van der Waals surface area contributed by atoms with Gasteiger partial charge in [-0.3, -0.25) is 4.79 Å². The zero-order valence-electron chi connectivity index (χ0n) is 10.5. The summed E-state index contributed by atoms with van der Waals surface area (Å²) in [5, 5.41) is 3.87. The molecule has 0 saturated heterocycles. The van der Waals surface area contributed by atoms with Gasteiger partial charge in [0.1, 0.15) is 0 Å². The zero-order valence-corrected chi connectivity index (χ0v) is 10.5. The predicted octanol–water partition coefficient (Wildman–Crippen LogP) is 3.10. The number of allylic oxidation sites excluding steroid dienone is 1. The highest BCUT2D eigenvalue weighted by Gasteiger charge is 2.05. The van der Waals surface area contributed by atoms with Gasteiger partial charge < -0.3 is 4.42 Å². The van der Waals surface area contributed by atoms with Crippen LogP contribution in [0.4, 0.5) is 0 Å². The molecule has 0 unspecified atom stereocenters. The smallest absolute Gasteiger partial charge is 0.307 e. The summed E-state index contributed by atoms with van der Waals surface area (Å²) < 4.78 is 4.95. The second-order valence-corrected chi connectivity index (χ2v) is 3.98. The van der Waals surface area contributed by atoms with Crippen LogP contribution < -0.4 is 5.43 Å². The molecule has 1 heterocycles. The predicted molar refractivity (Wildman–Crippen MR) is 74.8 cm³/mol.